The van der Waals surface area contributed by atoms with E-state index in [0.717, 1.165) is 63.8 Å². The van der Waals surface area contributed by atoms with Gasteiger partial charge in [-0.3, -0.25) is 4.99 Å². The number of aliphatic imine (C=N–C) groups is 1. The molecule has 0 aromatic carbocycles. The van der Waals surface area contributed by atoms with E-state index in [1.165, 1.54) is 0 Å². The first-order chi connectivity index (χ1) is 11.2. The molecule has 0 spiro atoms. The molecule has 7 heteroatoms. The first-order valence-corrected chi connectivity index (χ1v) is 8.52. The van der Waals surface area contributed by atoms with E-state index in [1.54, 1.807) is 7.05 Å². The van der Waals surface area contributed by atoms with Crippen molar-refractivity contribution < 1.29 is 9.26 Å². The molecule has 0 bridgehead atoms. The van der Waals surface area contributed by atoms with Crippen molar-refractivity contribution >= 4 is 5.96 Å². The molecule has 0 saturated carbocycles. The number of hydrogen-bond donors (Lipinski definition) is 2. The number of nitrogens with one attached hydrogen (secondary N) is 2. The van der Waals surface area contributed by atoms with Crippen LogP contribution in [-0.4, -0.2) is 49.5 Å². The molecule has 0 radical (unpaired) electrons. The van der Waals surface area contributed by atoms with E-state index in [4.69, 9.17) is 9.26 Å². The molecule has 2 N–H and O–H groups in total. The van der Waals surface area contributed by atoms with Crippen molar-refractivity contribution in [2.75, 3.05) is 33.4 Å². The second-order valence-corrected chi connectivity index (χ2v) is 5.63. The third kappa shape index (κ3) is 8.54. The van der Waals surface area contributed by atoms with Crippen LogP contribution in [0.25, 0.3) is 0 Å². The lowest BCUT2D eigenvalue weighted by Crippen LogP contribution is -2.38. The molecule has 1 aromatic heterocycles. The number of nitrogens with zero attached hydrogens (tertiary/aromatic N) is 3. The molecule has 0 fully saturated rings. The maximum atomic E-state index is 5.31. The van der Waals surface area contributed by atoms with Crippen LogP contribution in [0.2, 0.25) is 0 Å². The Morgan fingerprint density at radius 1 is 1.22 bits per heavy atom. The lowest BCUT2D eigenvalue weighted by molar-refractivity contribution is 0.143. The molecule has 23 heavy (non-hydrogen) atoms. The van der Waals surface area contributed by atoms with Gasteiger partial charge >= 0.3 is 0 Å². The first-order valence-electron chi connectivity index (χ1n) is 8.52. The molecule has 0 aliphatic heterocycles. The summed E-state index contributed by atoms with van der Waals surface area (Å²) in [7, 11) is 1.78. The van der Waals surface area contributed by atoms with E-state index in [9.17, 15) is 0 Å². The molecule has 132 valence electrons. The van der Waals surface area contributed by atoms with Gasteiger partial charge in [0.25, 0.3) is 0 Å². The maximum absolute atomic E-state index is 5.31. The SMILES string of the molecule is CCOCCCCNC(=NC)NCCCc1nc(C(C)C)no1. The summed E-state index contributed by atoms with van der Waals surface area (Å²) in [4.78, 5) is 8.57. The average Bonchev–Trinajstić information content (AvgIpc) is 3.02. The van der Waals surface area contributed by atoms with Gasteiger partial charge in [-0.2, -0.15) is 4.98 Å². The summed E-state index contributed by atoms with van der Waals surface area (Å²) >= 11 is 0. The zero-order valence-electron chi connectivity index (χ0n) is 14.9. The van der Waals surface area contributed by atoms with Gasteiger partial charge in [0.1, 0.15) is 0 Å². The van der Waals surface area contributed by atoms with Crippen molar-refractivity contribution in [1.29, 1.82) is 0 Å². The second kappa shape index (κ2) is 11.9. The number of unbranched alkanes of at least 4 members (excludes halogenated alkanes) is 1. The van der Waals surface area contributed by atoms with E-state index in [0.29, 0.717) is 11.8 Å². The Morgan fingerprint density at radius 2 is 1.96 bits per heavy atom. The number of guanidine groups is 1. The zero-order chi connectivity index (χ0) is 16.9. The van der Waals surface area contributed by atoms with Crippen LogP contribution in [0.4, 0.5) is 0 Å². The smallest absolute Gasteiger partial charge is 0.226 e. The van der Waals surface area contributed by atoms with Crippen LogP contribution in [0.5, 0.6) is 0 Å². The Labute approximate surface area is 139 Å². The number of ether oxygens (including phenoxy) is 1. The van der Waals surface area contributed by atoms with Crippen LogP contribution >= 0.6 is 0 Å². The topological polar surface area (TPSA) is 84.6 Å². The zero-order valence-corrected chi connectivity index (χ0v) is 14.9. The Hall–Kier alpha value is -1.63. The summed E-state index contributed by atoms with van der Waals surface area (Å²) in [6.07, 6.45) is 3.83. The quantitative estimate of drug-likeness (QED) is 0.368. The molecule has 1 rings (SSSR count). The van der Waals surface area contributed by atoms with Crippen molar-refractivity contribution in [3.63, 3.8) is 0 Å². The monoisotopic (exact) mass is 325 g/mol. The maximum Gasteiger partial charge on any atom is 0.226 e. The van der Waals surface area contributed by atoms with Crippen LogP contribution in [0.1, 0.15) is 57.7 Å². The van der Waals surface area contributed by atoms with Crippen molar-refractivity contribution in [3.8, 4) is 0 Å². The molecule has 0 unspecified atom stereocenters. The third-order valence-corrected chi connectivity index (χ3v) is 3.30. The van der Waals surface area contributed by atoms with E-state index in [2.05, 4.69) is 39.6 Å². The van der Waals surface area contributed by atoms with Gasteiger partial charge in [-0.05, 0) is 26.2 Å². The molecule has 1 heterocycles. The molecule has 1 aromatic rings. The molecular formula is C16H31N5O2. The third-order valence-electron chi connectivity index (χ3n) is 3.30. The predicted octanol–water partition coefficient (Wildman–Crippen LogP) is 2.11. The average molecular weight is 325 g/mol. The first kappa shape index (κ1) is 19.4. The van der Waals surface area contributed by atoms with Crippen molar-refractivity contribution in [1.82, 2.24) is 20.8 Å². The van der Waals surface area contributed by atoms with E-state index >= 15 is 0 Å². The highest BCUT2D eigenvalue weighted by Crippen LogP contribution is 2.10. The highest BCUT2D eigenvalue weighted by molar-refractivity contribution is 5.79. The largest absolute Gasteiger partial charge is 0.382 e. The standard InChI is InChI=1S/C16H31N5O2/c1-5-22-12-7-6-10-18-16(17-4)19-11-8-9-14-20-15(13(2)3)21-23-14/h13H,5-12H2,1-4H3,(H2,17,18,19). The molecule has 0 saturated heterocycles. The van der Waals surface area contributed by atoms with Crippen LogP contribution in [0.3, 0.4) is 0 Å². The van der Waals surface area contributed by atoms with Crippen LogP contribution in [-0.2, 0) is 11.2 Å². The molecule has 0 aliphatic carbocycles. The van der Waals surface area contributed by atoms with Crippen LogP contribution < -0.4 is 10.6 Å². The Balaban J connectivity index is 2.10. The van der Waals surface area contributed by atoms with Gasteiger partial charge in [-0.15, -0.1) is 0 Å². The molecular weight excluding hydrogens is 294 g/mol. The van der Waals surface area contributed by atoms with Crippen molar-refractivity contribution in [2.24, 2.45) is 4.99 Å². The fourth-order valence-corrected chi connectivity index (χ4v) is 1.95. The fraction of sp³-hybridized carbons (Fsp3) is 0.812. The number of rotatable bonds is 11. The Kier molecular flexibility index (Phi) is 10.0. The summed E-state index contributed by atoms with van der Waals surface area (Å²) in [6.45, 7) is 9.46. The van der Waals surface area contributed by atoms with Crippen molar-refractivity contribution in [2.45, 2.75) is 52.4 Å². The van der Waals surface area contributed by atoms with Gasteiger partial charge in [0.15, 0.2) is 11.8 Å². The summed E-state index contributed by atoms with van der Waals surface area (Å²) in [5.41, 5.74) is 0. The van der Waals surface area contributed by atoms with E-state index in [-0.39, 0.29) is 0 Å². The summed E-state index contributed by atoms with van der Waals surface area (Å²) in [5.74, 6) is 2.61. The Morgan fingerprint density at radius 3 is 2.57 bits per heavy atom. The lowest BCUT2D eigenvalue weighted by atomic mass is 10.2. The summed E-state index contributed by atoms with van der Waals surface area (Å²) < 4.78 is 10.5. The van der Waals surface area contributed by atoms with Crippen LogP contribution in [0, 0.1) is 0 Å². The normalized spacial score (nSPS) is 12.0. The highest BCUT2D eigenvalue weighted by Gasteiger charge is 2.09. The minimum Gasteiger partial charge on any atom is -0.382 e. The summed E-state index contributed by atoms with van der Waals surface area (Å²) in [5, 5.41) is 10.5. The number of hydrogen-bond acceptors (Lipinski definition) is 5. The molecule has 0 atom stereocenters. The van der Waals surface area contributed by atoms with Gasteiger partial charge in [0.05, 0.1) is 0 Å². The predicted molar refractivity (Wildman–Crippen MR) is 91.8 cm³/mol. The number of aryl methyl sites for hydroxylation is 1. The van der Waals surface area contributed by atoms with Gasteiger partial charge in [-0.1, -0.05) is 19.0 Å². The Bertz CT molecular complexity index is 445. The van der Waals surface area contributed by atoms with Gasteiger partial charge in [0.2, 0.25) is 5.89 Å². The van der Waals surface area contributed by atoms with Crippen molar-refractivity contribution in [3.05, 3.63) is 11.7 Å². The van der Waals surface area contributed by atoms with Crippen LogP contribution in [0.15, 0.2) is 9.52 Å². The highest BCUT2D eigenvalue weighted by atomic mass is 16.5. The van der Waals surface area contributed by atoms with E-state index in [1.807, 2.05) is 6.92 Å². The molecule has 7 nitrogen and oxygen atoms in total. The number of aromatic nitrogens is 2. The fourth-order valence-electron chi connectivity index (χ4n) is 1.95. The summed E-state index contributed by atoms with van der Waals surface area (Å²) in [6, 6.07) is 0. The van der Waals surface area contributed by atoms with E-state index < -0.39 is 0 Å². The minimum atomic E-state index is 0.302. The van der Waals surface area contributed by atoms with Gasteiger partial charge in [0, 0.05) is 45.7 Å². The second-order valence-electron chi connectivity index (χ2n) is 5.63. The lowest BCUT2D eigenvalue weighted by Gasteiger charge is -2.11. The molecule has 0 amide bonds. The van der Waals surface area contributed by atoms with Gasteiger partial charge < -0.3 is 19.9 Å². The molecule has 0 aliphatic rings. The van der Waals surface area contributed by atoms with Gasteiger partial charge in [-0.25, -0.2) is 0 Å². The minimum absolute atomic E-state index is 0.302.